The molecule has 31 heavy (non-hydrogen) atoms. The van der Waals surface area contributed by atoms with Gasteiger partial charge in [-0.15, -0.1) is 0 Å². The monoisotopic (exact) mass is 464 g/mol. The molecule has 10 heteroatoms. The van der Waals surface area contributed by atoms with E-state index in [-0.39, 0.29) is 27.1 Å². The van der Waals surface area contributed by atoms with Crippen molar-refractivity contribution in [2.24, 2.45) is 0 Å². The number of hydrogen-bond acceptors (Lipinski definition) is 4. The zero-order valence-corrected chi connectivity index (χ0v) is 18.6. The van der Waals surface area contributed by atoms with Crippen LogP contribution >= 0.6 is 11.6 Å². The van der Waals surface area contributed by atoms with Gasteiger partial charge < -0.3 is 5.32 Å². The molecule has 3 aromatic rings. The van der Waals surface area contributed by atoms with Crippen molar-refractivity contribution in [3.8, 4) is 0 Å². The first-order valence-corrected chi connectivity index (χ1v) is 11.4. The third-order valence-electron chi connectivity index (χ3n) is 4.53. The van der Waals surface area contributed by atoms with Crippen molar-refractivity contribution in [2.75, 3.05) is 11.3 Å². The minimum absolute atomic E-state index is 0.0567. The molecule has 0 saturated heterocycles. The van der Waals surface area contributed by atoms with E-state index in [0.29, 0.717) is 19.5 Å². The van der Waals surface area contributed by atoms with Crippen LogP contribution in [0.4, 0.5) is 10.1 Å². The van der Waals surface area contributed by atoms with Crippen molar-refractivity contribution in [2.45, 2.75) is 31.7 Å². The average Bonchev–Trinajstić information content (AvgIpc) is 3.04. The highest BCUT2D eigenvalue weighted by Gasteiger charge is 2.17. The highest BCUT2D eigenvalue weighted by atomic mass is 35.5. The first-order valence-electron chi connectivity index (χ1n) is 9.53. The van der Waals surface area contributed by atoms with Crippen LogP contribution < -0.4 is 10.0 Å². The lowest BCUT2D eigenvalue weighted by atomic mass is 10.2. The van der Waals surface area contributed by atoms with Gasteiger partial charge in [-0.2, -0.15) is 5.10 Å². The Bertz CT molecular complexity index is 1190. The van der Waals surface area contributed by atoms with Crippen LogP contribution in [-0.2, 0) is 16.6 Å². The van der Waals surface area contributed by atoms with Crippen LogP contribution in [0.3, 0.4) is 0 Å². The summed E-state index contributed by atoms with van der Waals surface area (Å²) < 4.78 is 42.3. The van der Waals surface area contributed by atoms with E-state index in [4.69, 9.17) is 11.6 Å². The number of aromatic nitrogens is 2. The molecule has 1 amide bonds. The number of anilines is 1. The van der Waals surface area contributed by atoms with Crippen molar-refractivity contribution in [3.63, 3.8) is 0 Å². The standard InChI is InChI=1S/C21H22ClFN4O3S/c1-14-12-15(2)27(25-14)11-3-10-24-21(28)16-4-9-19(22)20(13-16)26-31(29,30)18-7-5-17(23)6-8-18/h4-9,12-13,26H,3,10-11H2,1-2H3,(H,24,28). The molecule has 1 heterocycles. The van der Waals surface area contributed by atoms with Gasteiger partial charge in [-0.25, -0.2) is 12.8 Å². The van der Waals surface area contributed by atoms with E-state index in [2.05, 4.69) is 15.1 Å². The van der Waals surface area contributed by atoms with Crippen LogP contribution in [0.1, 0.15) is 28.2 Å². The molecule has 2 aromatic carbocycles. The van der Waals surface area contributed by atoms with Crippen molar-refractivity contribution in [1.29, 1.82) is 0 Å². The van der Waals surface area contributed by atoms with Gasteiger partial charge in [-0.05, 0) is 68.8 Å². The summed E-state index contributed by atoms with van der Waals surface area (Å²) in [6.07, 6.45) is 0.686. The third-order valence-corrected chi connectivity index (χ3v) is 6.24. The molecule has 0 bridgehead atoms. The van der Waals surface area contributed by atoms with E-state index in [1.165, 1.54) is 18.2 Å². The number of sulfonamides is 1. The molecule has 0 aliphatic heterocycles. The molecule has 3 rings (SSSR count). The predicted molar refractivity (Wildman–Crippen MR) is 117 cm³/mol. The summed E-state index contributed by atoms with van der Waals surface area (Å²) in [5.74, 6) is -0.902. The van der Waals surface area contributed by atoms with Gasteiger partial charge in [-0.3, -0.25) is 14.2 Å². The second-order valence-corrected chi connectivity index (χ2v) is 9.10. The Morgan fingerprint density at radius 3 is 2.48 bits per heavy atom. The quantitative estimate of drug-likeness (QED) is 0.494. The van der Waals surface area contributed by atoms with Crippen LogP contribution in [0.2, 0.25) is 5.02 Å². The molecule has 0 saturated carbocycles. The lowest BCUT2D eigenvalue weighted by Gasteiger charge is -2.12. The fourth-order valence-corrected chi connectivity index (χ4v) is 4.29. The Hall–Kier alpha value is -2.91. The largest absolute Gasteiger partial charge is 0.352 e. The van der Waals surface area contributed by atoms with E-state index in [1.807, 2.05) is 24.6 Å². The first kappa shape index (κ1) is 22.8. The van der Waals surface area contributed by atoms with E-state index >= 15 is 0 Å². The van der Waals surface area contributed by atoms with E-state index in [0.717, 1.165) is 35.7 Å². The molecule has 0 aliphatic carbocycles. The fraction of sp³-hybridized carbons (Fsp3) is 0.238. The number of benzene rings is 2. The summed E-state index contributed by atoms with van der Waals surface area (Å²) in [5, 5.41) is 7.31. The summed E-state index contributed by atoms with van der Waals surface area (Å²) in [4.78, 5) is 12.3. The SMILES string of the molecule is Cc1cc(C)n(CCCNC(=O)c2ccc(Cl)c(NS(=O)(=O)c3ccc(F)cc3)c2)n1. The molecule has 0 unspecified atom stereocenters. The Labute approximate surface area is 185 Å². The molecule has 1 aromatic heterocycles. The number of carbonyl (C=O) groups is 1. The number of halogens is 2. The van der Waals surface area contributed by atoms with Crippen molar-refractivity contribution < 1.29 is 17.6 Å². The minimum atomic E-state index is -3.99. The molecule has 164 valence electrons. The molecule has 0 spiro atoms. The first-order chi connectivity index (χ1) is 14.7. The summed E-state index contributed by atoms with van der Waals surface area (Å²) in [5.41, 5.74) is 2.31. The lowest BCUT2D eigenvalue weighted by molar-refractivity contribution is 0.0952. The Morgan fingerprint density at radius 2 is 1.84 bits per heavy atom. The molecule has 0 fully saturated rings. The normalized spacial score (nSPS) is 11.4. The Balaban J connectivity index is 1.63. The van der Waals surface area contributed by atoms with Gasteiger partial charge >= 0.3 is 0 Å². The summed E-state index contributed by atoms with van der Waals surface area (Å²) in [6.45, 7) is 4.99. The molecule has 2 N–H and O–H groups in total. The van der Waals surface area contributed by atoms with Crippen LogP contribution in [0.25, 0.3) is 0 Å². The average molecular weight is 465 g/mol. The summed E-state index contributed by atoms with van der Waals surface area (Å²) in [6, 6.07) is 10.7. The second-order valence-electron chi connectivity index (χ2n) is 7.01. The van der Waals surface area contributed by atoms with Gasteiger partial charge in [-0.1, -0.05) is 11.6 Å². The Morgan fingerprint density at radius 1 is 1.13 bits per heavy atom. The maximum Gasteiger partial charge on any atom is 0.261 e. The molecule has 0 aliphatic rings. The smallest absolute Gasteiger partial charge is 0.261 e. The van der Waals surface area contributed by atoms with Crippen LogP contribution in [0.5, 0.6) is 0 Å². The van der Waals surface area contributed by atoms with Crippen LogP contribution in [0, 0.1) is 19.7 Å². The van der Waals surface area contributed by atoms with E-state index < -0.39 is 15.8 Å². The van der Waals surface area contributed by atoms with Gasteiger partial charge in [0.2, 0.25) is 0 Å². The van der Waals surface area contributed by atoms with Gasteiger partial charge in [0, 0.05) is 24.3 Å². The highest BCUT2D eigenvalue weighted by Crippen LogP contribution is 2.26. The molecule has 7 nitrogen and oxygen atoms in total. The molecule has 0 atom stereocenters. The highest BCUT2D eigenvalue weighted by molar-refractivity contribution is 7.92. The third kappa shape index (κ3) is 5.83. The van der Waals surface area contributed by atoms with Crippen LogP contribution in [0.15, 0.2) is 53.4 Å². The predicted octanol–water partition coefficient (Wildman–Crippen LogP) is 3.91. The number of amides is 1. The molecular formula is C21H22ClFN4O3S. The fourth-order valence-electron chi connectivity index (χ4n) is 3.00. The van der Waals surface area contributed by atoms with Gasteiger partial charge in [0.05, 0.1) is 21.3 Å². The van der Waals surface area contributed by atoms with Crippen LogP contribution in [-0.4, -0.2) is 30.7 Å². The van der Waals surface area contributed by atoms with Gasteiger partial charge in [0.1, 0.15) is 5.82 Å². The zero-order valence-electron chi connectivity index (χ0n) is 17.0. The second kappa shape index (κ2) is 9.49. The Kier molecular flexibility index (Phi) is 6.97. The number of carbonyl (C=O) groups excluding carboxylic acids is 1. The summed E-state index contributed by atoms with van der Waals surface area (Å²) >= 11 is 6.10. The number of hydrogen-bond donors (Lipinski definition) is 2. The van der Waals surface area contributed by atoms with Crippen molar-refractivity contribution in [3.05, 3.63) is 76.3 Å². The van der Waals surface area contributed by atoms with Crippen molar-refractivity contribution in [1.82, 2.24) is 15.1 Å². The lowest BCUT2D eigenvalue weighted by Crippen LogP contribution is -2.25. The van der Waals surface area contributed by atoms with E-state index in [9.17, 15) is 17.6 Å². The number of aryl methyl sites for hydroxylation is 3. The zero-order chi connectivity index (χ0) is 22.6. The number of rotatable bonds is 8. The number of nitrogens with zero attached hydrogens (tertiary/aromatic N) is 2. The maximum atomic E-state index is 13.1. The molecular weight excluding hydrogens is 443 g/mol. The maximum absolute atomic E-state index is 13.1. The van der Waals surface area contributed by atoms with Gasteiger partial charge in [0.25, 0.3) is 15.9 Å². The topological polar surface area (TPSA) is 93.1 Å². The number of nitrogens with one attached hydrogen (secondary N) is 2. The minimum Gasteiger partial charge on any atom is -0.352 e. The van der Waals surface area contributed by atoms with E-state index in [1.54, 1.807) is 0 Å². The van der Waals surface area contributed by atoms with Crippen molar-refractivity contribution >= 4 is 33.2 Å². The molecule has 0 radical (unpaired) electrons. The van der Waals surface area contributed by atoms with Gasteiger partial charge in [0.15, 0.2) is 0 Å². The summed E-state index contributed by atoms with van der Waals surface area (Å²) in [7, 11) is -3.99.